The number of hydrogen-bond acceptors (Lipinski definition) is 3. The molecule has 4 aliphatic rings. The predicted molar refractivity (Wildman–Crippen MR) is 85.7 cm³/mol. The smallest absolute Gasteiger partial charge is 0.238 e. The number of imide groups is 1. The molecule has 23 heavy (non-hydrogen) atoms. The highest BCUT2D eigenvalue weighted by molar-refractivity contribution is 6.23. The first-order valence-corrected chi connectivity index (χ1v) is 8.61. The van der Waals surface area contributed by atoms with Crippen molar-refractivity contribution >= 4 is 23.3 Å². The fourth-order valence-corrected chi connectivity index (χ4v) is 4.74. The largest absolute Gasteiger partial charge is 0.299 e. The minimum absolute atomic E-state index is 0.0679. The molecule has 3 saturated carbocycles. The number of rotatable bonds is 3. The van der Waals surface area contributed by atoms with Crippen molar-refractivity contribution in [1.82, 2.24) is 0 Å². The number of nitrogens with zero attached hydrogens (tertiary/aromatic N) is 1. The maximum Gasteiger partial charge on any atom is 0.238 e. The van der Waals surface area contributed by atoms with E-state index in [9.17, 15) is 14.4 Å². The summed E-state index contributed by atoms with van der Waals surface area (Å²) in [7, 11) is 0. The lowest BCUT2D eigenvalue weighted by Crippen LogP contribution is -2.46. The Labute approximate surface area is 135 Å². The van der Waals surface area contributed by atoms with Crippen LogP contribution in [0.2, 0.25) is 0 Å². The van der Waals surface area contributed by atoms with Crippen molar-refractivity contribution < 1.29 is 14.4 Å². The second-order valence-corrected chi connectivity index (χ2v) is 7.09. The molecule has 4 atom stereocenters. The third-order valence-corrected chi connectivity index (χ3v) is 5.80. The number of amides is 2. The second kappa shape index (κ2) is 5.29. The van der Waals surface area contributed by atoms with Gasteiger partial charge in [-0.05, 0) is 42.9 Å². The quantitative estimate of drug-likeness (QED) is 0.807. The number of hydrogen-bond donors (Lipinski definition) is 0. The van der Waals surface area contributed by atoms with Crippen LogP contribution in [0.15, 0.2) is 24.3 Å². The van der Waals surface area contributed by atoms with Crippen LogP contribution in [0.25, 0.3) is 0 Å². The van der Waals surface area contributed by atoms with Crippen LogP contribution in [0, 0.1) is 23.7 Å². The van der Waals surface area contributed by atoms with E-state index in [0.29, 0.717) is 12.1 Å². The topological polar surface area (TPSA) is 54.5 Å². The lowest BCUT2D eigenvalue weighted by atomic mass is 9.59. The standard InChI is InChI=1S/C19H21NO3/c1-2-3-11-4-7-13(8-5-11)20-18(22)16-12-6-9-14(15(21)10-12)17(16)19(20)23/h4-5,7-8,12,14,16-17H,2-3,6,9-10H2,1H3/t12-,14+,16+,17-/m0/s1. The van der Waals surface area contributed by atoms with Crippen molar-refractivity contribution in [3.63, 3.8) is 0 Å². The number of carbonyl (C=O) groups excluding carboxylic acids is 3. The molecule has 120 valence electrons. The van der Waals surface area contributed by atoms with E-state index in [1.54, 1.807) is 0 Å². The zero-order valence-corrected chi connectivity index (χ0v) is 13.3. The zero-order valence-electron chi connectivity index (χ0n) is 13.3. The predicted octanol–water partition coefficient (Wildman–Crippen LogP) is 2.74. The van der Waals surface area contributed by atoms with Crippen LogP contribution in [0.4, 0.5) is 5.69 Å². The monoisotopic (exact) mass is 311 g/mol. The van der Waals surface area contributed by atoms with Crippen molar-refractivity contribution in [2.24, 2.45) is 23.7 Å². The summed E-state index contributed by atoms with van der Waals surface area (Å²) in [6.07, 6.45) is 4.21. The zero-order chi connectivity index (χ0) is 16.1. The number of fused-ring (bicyclic) bond motifs is 2. The molecule has 1 aromatic carbocycles. The molecule has 0 aromatic heterocycles. The summed E-state index contributed by atoms with van der Waals surface area (Å²) in [5, 5.41) is 0. The number of aryl methyl sites for hydroxylation is 1. The van der Waals surface area contributed by atoms with Gasteiger partial charge < -0.3 is 0 Å². The molecule has 0 radical (unpaired) electrons. The Kier molecular flexibility index (Phi) is 3.36. The van der Waals surface area contributed by atoms with Gasteiger partial charge in [-0.1, -0.05) is 25.5 Å². The number of benzene rings is 1. The van der Waals surface area contributed by atoms with Crippen molar-refractivity contribution in [2.45, 2.75) is 39.0 Å². The Morgan fingerprint density at radius 3 is 2.35 bits per heavy atom. The van der Waals surface area contributed by atoms with Gasteiger partial charge in [0.1, 0.15) is 5.78 Å². The fourth-order valence-electron chi connectivity index (χ4n) is 4.74. The van der Waals surface area contributed by atoms with Gasteiger partial charge >= 0.3 is 0 Å². The van der Waals surface area contributed by atoms with Crippen LogP contribution in [-0.2, 0) is 20.8 Å². The Hall–Kier alpha value is -1.97. The molecule has 1 aromatic rings. The van der Waals surface area contributed by atoms with Gasteiger partial charge in [-0.3, -0.25) is 19.3 Å². The molecule has 0 unspecified atom stereocenters. The number of anilines is 1. The Morgan fingerprint density at radius 2 is 1.70 bits per heavy atom. The van der Waals surface area contributed by atoms with Gasteiger partial charge in [0, 0.05) is 12.3 Å². The van der Waals surface area contributed by atoms with E-state index in [1.165, 1.54) is 10.5 Å². The van der Waals surface area contributed by atoms with E-state index >= 15 is 0 Å². The highest BCUT2D eigenvalue weighted by Gasteiger charge is 2.60. The summed E-state index contributed by atoms with van der Waals surface area (Å²) in [4.78, 5) is 39.2. The summed E-state index contributed by atoms with van der Waals surface area (Å²) in [6.45, 7) is 2.12. The molecule has 0 spiro atoms. The first kappa shape index (κ1) is 14.6. The summed E-state index contributed by atoms with van der Waals surface area (Å²) < 4.78 is 0. The average molecular weight is 311 g/mol. The molecular weight excluding hydrogens is 290 g/mol. The molecule has 1 saturated heterocycles. The fraction of sp³-hybridized carbons (Fsp3) is 0.526. The summed E-state index contributed by atoms with van der Waals surface area (Å²) >= 11 is 0. The van der Waals surface area contributed by atoms with Crippen LogP contribution in [0.5, 0.6) is 0 Å². The van der Waals surface area contributed by atoms with Crippen molar-refractivity contribution in [3.8, 4) is 0 Å². The van der Waals surface area contributed by atoms with Gasteiger partial charge in [0.15, 0.2) is 0 Å². The minimum Gasteiger partial charge on any atom is -0.299 e. The number of Topliss-reactive ketones (excluding diaryl/α,β-unsaturated/α-hetero) is 1. The molecule has 4 fully saturated rings. The Morgan fingerprint density at radius 1 is 1.00 bits per heavy atom. The molecule has 4 heteroatoms. The summed E-state index contributed by atoms with van der Waals surface area (Å²) in [5.74, 6) is -0.906. The molecule has 3 aliphatic carbocycles. The van der Waals surface area contributed by atoms with Crippen molar-refractivity contribution in [2.75, 3.05) is 4.90 Å². The summed E-state index contributed by atoms with van der Waals surface area (Å²) in [5.41, 5.74) is 1.86. The van der Waals surface area contributed by atoms with E-state index in [2.05, 4.69) is 6.92 Å². The van der Waals surface area contributed by atoms with Crippen LogP contribution >= 0.6 is 0 Å². The van der Waals surface area contributed by atoms with Gasteiger partial charge in [-0.15, -0.1) is 0 Å². The molecule has 2 amide bonds. The SMILES string of the molecule is CCCc1ccc(N2C(=O)[C@@H]3[C@H]4CC[C@H](C(=O)C4)[C@@H]3C2=O)cc1. The molecule has 1 heterocycles. The van der Waals surface area contributed by atoms with E-state index in [1.807, 2.05) is 24.3 Å². The molecule has 4 nitrogen and oxygen atoms in total. The van der Waals surface area contributed by atoms with E-state index < -0.39 is 5.92 Å². The van der Waals surface area contributed by atoms with Gasteiger partial charge in [0.2, 0.25) is 11.8 Å². The van der Waals surface area contributed by atoms with Gasteiger partial charge in [0.05, 0.1) is 17.5 Å². The normalized spacial score (nSPS) is 32.6. The van der Waals surface area contributed by atoms with Crippen molar-refractivity contribution in [3.05, 3.63) is 29.8 Å². The Balaban J connectivity index is 1.67. The third kappa shape index (κ3) is 2.07. The van der Waals surface area contributed by atoms with E-state index in [4.69, 9.17) is 0 Å². The average Bonchev–Trinajstić information content (AvgIpc) is 2.82. The summed E-state index contributed by atoms with van der Waals surface area (Å²) in [6, 6.07) is 7.70. The Bertz CT molecular complexity index is 678. The van der Waals surface area contributed by atoms with Gasteiger partial charge in [0.25, 0.3) is 0 Å². The number of carbonyl (C=O) groups is 3. The lowest BCUT2D eigenvalue weighted by molar-refractivity contribution is -0.143. The minimum atomic E-state index is -0.405. The van der Waals surface area contributed by atoms with Crippen LogP contribution < -0.4 is 4.90 Å². The number of ketones is 1. The molecule has 2 bridgehead atoms. The van der Waals surface area contributed by atoms with E-state index in [0.717, 1.165) is 25.7 Å². The molecule has 0 N–H and O–H groups in total. The van der Waals surface area contributed by atoms with Crippen LogP contribution in [0.1, 0.15) is 38.2 Å². The van der Waals surface area contributed by atoms with Gasteiger partial charge in [-0.2, -0.15) is 0 Å². The lowest BCUT2D eigenvalue weighted by Gasteiger charge is -2.41. The molecule has 5 rings (SSSR count). The molecular formula is C19H21NO3. The van der Waals surface area contributed by atoms with Gasteiger partial charge in [-0.25, -0.2) is 0 Å². The van der Waals surface area contributed by atoms with Crippen LogP contribution in [0.3, 0.4) is 0 Å². The third-order valence-electron chi connectivity index (χ3n) is 5.80. The van der Waals surface area contributed by atoms with Crippen molar-refractivity contribution in [1.29, 1.82) is 0 Å². The highest BCUT2D eigenvalue weighted by Crippen LogP contribution is 2.52. The second-order valence-electron chi connectivity index (χ2n) is 7.09. The highest BCUT2D eigenvalue weighted by atomic mass is 16.2. The first-order valence-electron chi connectivity index (χ1n) is 8.61. The maximum atomic E-state index is 12.9. The molecule has 1 aliphatic heterocycles. The maximum absolute atomic E-state index is 12.9. The first-order chi connectivity index (χ1) is 11.1. The van der Waals surface area contributed by atoms with E-state index in [-0.39, 0.29) is 35.4 Å². The van der Waals surface area contributed by atoms with Crippen LogP contribution in [-0.4, -0.2) is 17.6 Å².